The fourth-order valence-corrected chi connectivity index (χ4v) is 1.56. The second kappa shape index (κ2) is 5.24. The molecule has 1 aromatic heterocycles. The van der Waals surface area contributed by atoms with Crippen molar-refractivity contribution in [2.24, 2.45) is 5.73 Å². The van der Waals surface area contributed by atoms with Crippen molar-refractivity contribution in [2.75, 3.05) is 5.73 Å². The van der Waals surface area contributed by atoms with Gasteiger partial charge in [0.05, 0.1) is 11.9 Å². The van der Waals surface area contributed by atoms with Crippen molar-refractivity contribution in [2.45, 2.75) is 0 Å². The Morgan fingerprint density at radius 3 is 2.85 bits per heavy atom. The molecule has 0 atom stereocenters. The average molecular weight is 272 g/mol. The first-order chi connectivity index (χ1) is 9.52. The second-order valence-corrected chi connectivity index (χ2v) is 3.81. The van der Waals surface area contributed by atoms with E-state index < -0.39 is 17.3 Å². The van der Waals surface area contributed by atoms with Gasteiger partial charge in [-0.05, 0) is 18.2 Å². The lowest BCUT2D eigenvalue weighted by Gasteiger charge is -2.10. The van der Waals surface area contributed by atoms with Gasteiger partial charge in [0.1, 0.15) is 28.8 Å². The lowest BCUT2D eigenvalue weighted by atomic mass is 10.2. The molecule has 7 heteroatoms. The topological polar surface area (TPSA) is 115 Å². The molecule has 0 radical (unpaired) electrons. The fraction of sp³-hybridized carbons (Fsp3) is 0. The molecule has 0 fully saturated rings. The molecule has 1 aromatic carbocycles. The molecule has 6 nitrogen and oxygen atoms in total. The lowest BCUT2D eigenvalue weighted by Crippen LogP contribution is -2.14. The van der Waals surface area contributed by atoms with E-state index in [1.165, 1.54) is 24.4 Å². The maximum Gasteiger partial charge on any atom is 0.255 e. The minimum absolute atomic E-state index is 0.0599. The van der Waals surface area contributed by atoms with Gasteiger partial charge >= 0.3 is 0 Å². The molecule has 0 aliphatic heterocycles. The number of anilines is 1. The molecule has 20 heavy (non-hydrogen) atoms. The minimum atomic E-state index is -0.980. The van der Waals surface area contributed by atoms with Gasteiger partial charge < -0.3 is 16.2 Å². The van der Waals surface area contributed by atoms with E-state index in [2.05, 4.69) is 4.98 Å². The number of primary amides is 1. The molecule has 0 saturated heterocycles. The van der Waals surface area contributed by atoms with Crippen LogP contribution in [-0.2, 0) is 0 Å². The molecule has 0 aliphatic carbocycles. The van der Waals surface area contributed by atoms with Gasteiger partial charge in [-0.1, -0.05) is 6.07 Å². The lowest BCUT2D eigenvalue weighted by molar-refractivity contribution is 0.0994. The number of carbonyl (C=O) groups is 1. The summed E-state index contributed by atoms with van der Waals surface area (Å²) in [7, 11) is 0. The summed E-state index contributed by atoms with van der Waals surface area (Å²) in [4.78, 5) is 15.1. The Kier molecular flexibility index (Phi) is 3.48. The van der Waals surface area contributed by atoms with Crippen LogP contribution in [0.15, 0.2) is 30.5 Å². The van der Waals surface area contributed by atoms with Crippen LogP contribution in [0.1, 0.15) is 15.9 Å². The molecule has 0 aliphatic rings. The molecular formula is C13H9FN4O2. The van der Waals surface area contributed by atoms with E-state index in [4.69, 9.17) is 21.5 Å². The van der Waals surface area contributed by atoms with Gasteiger partial charge in [-0.25, -0.2) is 9.37 Å². The number of nitrogens with zero attached hydrogens (tertiary/aromatic N) is 2. The Bertz CT molecular complexity index is 725. The molecule has 2 rings (SSSR count). The van der Waals surface area contributed by atoms with Crippen LogP contribution in [-0.4, -0.2) is 10.9 Å². The summed E-state index contributed by atoms with van der Waals surface area (Å²) in [5.41, 5.74) is 10.5. The summed E-state index contributed by atoms with van der Waals surface area (Å²) in [6, 6.07) is 6.97. The number of halogens is 1. The molecular weight excluding hydrogens is 263 g/mol. The highest BCUT2D eigenvalue weighted by molar-refractivity contribution is 5.96. The van der Waals surface area contributed by atoms with Crippen LogP contribution in [0.2, 0.25) is 0 Å². The fourth-order valence-electron chi connectivity index (χ4n) is 1.56. The molecule has 100 valence electrons. The molecule has 4 N–H and O–H groups in total. The monoisotopic (exact) mass is 272 g/mol. The van der Waals surface area contributed by atoms with Crippen molar-refractivity contribution in [3.63, 3.8) is 0 Å². The number of amides is 1. The highest BCUT2D eigenvalue weighted by Gasteiger charge is 2.17. The normalized spacial score (nSPS) is 9.80. The zero-order valence-corrected chi connectivity index (χ0v) is 10.1. The van der Waals surface area contributed by atoms with Crippen LogP contribution in [0, 0.1) is 17.1 Å². The number of ether oxygens (including phenoxy) is 1. The summed E-state index contributed by atoms with van der Waals surface area (Å²) >= 11 is 0. The number of nitrogen functional groups attached to an aromatic ring is 1. The number of benzene rings is 1. The number of rotatable bonds is 3. The Labute approximate surface area is 113 Å². The number of hydrogen-bond donors (Lipinski definition) is 2. The third-order valence-electron chi connectivity index (χ3n) is 2.42. The first kappa shape index (κ1) is 13.3. The van der Waals surface area contributed by atoms with Crippen molar-refractivity contribution in [3.05, 3.63) is 47.4 Å². The Balaban J connectivity index is 2.49. The average Bonchev–Trinajstić information content (AvgIpc) is 2.40. The van der Waals surface area contributed by atoms with E-state index in [1.807, 2.05) is 6.07 Å². The van der Waals surface area contributed by atoms with E-state index in [-0.39, 0.29) is 22.9 Å². The molecule has 0 unspecified atom stereocenters. The smallest absolute Gasteiger partial charge is 0.255 e. The summed E-state index contributed by atoms with van der Waals surface area (Å²) in [6.07, 6.45) is 1.28. The Morgan fingerprint density at radius 1 is 1.45 bits per heavy atom. The summed E-state index contributed by atoms with van der Waals surface area (Å²) in [6.45, 7) is 0. The number of hydrogen-bond acceptors (Lipinski definition) is 5. The molecule has 1 amide bonds. The maximum absolute atomic E-state index is 13.6. The first-order valence-electron chi connectivity index (χ1n) is 5.44. The molecule has 0 spiro atoms. The van der Waals surface area contributed by atoms with Gasteiger partial charge in [0.25, 0.3) is 5.91 Å². The van der Waals surface area contributed by atoms with Gasteiger partial charge in [-0.3, -0.25) is 4.79 Å². The summed E-state index contributed by atoms with van der Waals surface area (Å²) in [5, 5.41) is 8.96. The Hall–Kier alpha value is -3.14. The Morgan fingerprint density at radius 2 is 2.20 bits per heavy atom. The molecule has 1 heterocycles. The SMILES string of the molecule is N#Cc1cc(N)cnc1Oc1cccc(F)c1C(N)=O. The van der Waals surface area contributed by atoms with Gasteiger partial charge in [0.15, 0.2) is 0 Å². The van der Waals surface area contributed by atoms with Crippen LogP contribution in [0.5, 0.6) is 11.6 Å². The highest BCUT2D eigenvalue weighted by Crippen LogP contribution is 2.28. The van der Waals surface area contributed by atoms with E-state index >= 15 is 0 Å². The quantitative estimate of drug-likeness (QED) is 0.879. The van der Waals surface area contributed by atoms with Crippen molar-refractivity contribution in [3.8, 4) is 17.7 Å². The first-order valence-corrected chi connectivity index (χ1v) is 5.44. The second-order valence-electron chi connectivity index (χ2n) is 3.81. The number of aromatic nitrogens is 1. The predicted molar refractivity (Wildman–Crippen MR) is 68.4 cm³/mol. The number of nitriles is 1. The summed E-state index contributed by atoms with van der Waals surface area (Å²) < 4.78 is 18.9. The van der Waals surface area contributed by atoms with Crippen LogP contribution in [0.4, 0.5) is 10.1 Å². The van der Waals surface area contributed by atoms with Gasteiger partial charge in [0.2, 0.25) is 5.88 Å². The maximum atomic E-state index is 13.6. The van der Waals surface area contributed by atoms with Crippen molar-refractivity contribution >= 4 is 11.6 Å². The number of nitrogens with two attached hydrogens (primary N) is 2. The molecule has 2 aromatic rings. The van der Waals surface area contributed by atoms with Crippen LogP contribution < -0.4 is 16.2 Å². The van der Waals surface area contributed by atoms with Crippen LogP contribution in [0.25, 0.3) is 0 Å². The van der Waals surface area contributed by atoms with E-state index in [9.17, 15) is 9.18 Å². The van der Waals surface area contributed by atoms with Crippen molar-refractivity contribution < 1.29 is 13.9 Å². The number of pyridine rings is 1. The van der Waals surface area contributed by atoms with E-state index in [0.29, 0.717) is 0 Å². The third kappa shape index (κ3) is 2.49. The van der Waals surface area contributed by atoms with Gasteiger partial charge in [-0.15, -0.1) is 0 Å². The zero-order valence-electron chi connectivity index (χ0n) is 10.1. The van der Waals surface area contributed by atoms with Crippen LogP contribution in [0.3, 0.4) is 0 Å². The van der Waals surface area contributed by atoms with E-state index in [0.717, 1.165) is 6.07 Å². The standard InChI is InChI=1S/C13H9FN4O2/c14-9-2-1-3-10(11(9)12(17)19)20-13-7(5-15)4-8(16)6-18-13/h1-4,6H,16H2,(H2,17,19). The van der Waals surface area contributed by atoms with Crippen molar-refractivity contribution in [1.82, 2.24) is 4.98 Å². The molecule has 0 bridgehead atoms. The van der Waals surface area contributed by atoms with Gasteiger partial charge in [-0.2, -0.15) is 5.26 Å². The largest absolute Gasteiger partial charge is 0.437 e. The predicted octanol–water partition coefficient (Wildman–Crippen LogP) is 1.57. The minimum Gasteiger partial charge on any atom is -0.437 e. The van der Waals surface area contributed by atoms with E-state index in [1.54, 1.807) is 0 Å². The zero-order chi connectivity index (χ0) is 14.7. The number of carbonyl (C=O) groups excluding carboxylic acids is 1. The summed E-state index contributed by atoms with van der Waals surface area (Å²) in [5.74, 6) is -2.00. The highest BCUT2D eigenvalue weighted by atomic mass is 19.1. The third-order valence-corrected chi connectivity index (χ3v) is 2.42. The van der Waals surface area contributed by atoms with Gasteiger partial charge in [0, 0.05) is 0 Å². The van der Waals surface area contributed by atoms with Crippen LogP contribution >= 0.6 is 0 Å². The van der Waals surface area contributed by atoms with Crippen molar-refractivity contribution in [1.29, 1.82) is 5.26 Å². The molecule has 0 saturated carbocycles.